The van der Waals surface area contributed by atoms with E-state index in [9.17, 15) is 13.2 Å². The number of rotatable bonds is 8. The van der Waals surface area contributed by atoms with Gasteiger partial charge in [0.2, 0.25) is 0 Å². The minimum atomic E-state index is -4.39. The molecule has 5 rings (SSSR count). The predicted octanol–water partition coefficient (Wildman–Crippen LogP) is 5.45. The quantitative estimate of drug-likeness (QED) is 0.411. The molecule has 0 saturated carbocycles. The number of benzene rings is 2. The Morgan fingerprint density at radius 1 is 0.821 bits per heavy atom. The van der Waals surface area contributed by atoms with Gasteiger partial charge in [-0.15, -0.1) is 0 Å². The van der Waals surface area contributed by atoms with E-state index in [0.29, 0.717) is 11.3 Å². The van der Waals surface area contributed by atoms with Crippen molar-refractivity contribution >= 4 is 22.7 Å². The van der Waals surface area contributed by atoms with Crippen LogP contribution in [0.15, 0.2) is 30.3 Å². The molecule has 2 aromatic carbocycles. The Bertz CT molecular complexity index is 1100. The second-order valence-corrected chi connectivity index (χ2v) is 11.4. The van der Waals surface area contributed by atoms with Gasteiger partial charge in [-0.3, -0.25) is 4.90 Å². The maximum Gasteiger partial charge on any atom is 0.416 e. The number of halogens is 3. The lowest BCUT2D eigenvalue weighted by atomic mass is 10.0. The van der Waals surface area contributed by atoms with E-state index < -0.39 is 11.7 Å². The number of likely N-dealkylation sites (tertiary alicyclic amines) is 1. The summed E-state index contributed by atoms with van der Waals surface area (Å²) >= 11 is 0. The van der Waals surface area contributed by atoms with Crippen LogP contribution < -0.4 is 20.9 Å². The smallest absolute Gasteiger partial charge is 0.381 e. The third-order valence-corrected chi connectivity index (χ3v) is 8.49. The van der Waals surface area contributed by atoms with Gasteiger partial charge in [0.1, 0.15) is 0 Å². The van der Waals surface area contributed by atoms with Crippen LogP contribution in [-0.2, 0) is 6.18 Å². The fraction of sp³-hybridized carbons (Fsp3) is 0.600. The Morgan fingerprint density at radius 2 is 1.49 bits per heavy atom. The number of piperidine rings is 1. The van der Waals surface area contributed by atoms with Crippen molar-refractivity contribution in [3.8, 4) is 0 Å². The molecule has 6 nitrogen and oxygen atoms in total. The number of nitrogens with zero attached hydrogens (tertiary/aromatic N) is 3. The lowest BCUT2D eigenvalue weighted by molar-refractivity contribution is -0.137. The van der Waals surface area contributed by atoms with Crippen LogP contribution in [0.4, 0.5) is 35.9 Å². The first-order valence-corrected chi connectivity index (χ1v) is 14.5. The minimum Gasteiger partial charge on any atom is -0.381 e. The topological polar surface area (TPSA) is 45.8 Å². The zero-order chi connectivity index (χ0) is 27.4. The fourth-order valence-electron chi connectivity index (χ4n) is 6.06. The zero-order valence-corrected chi connectivity index (χ0v) is 23.3. The Hall–Kier alpha value is -2.49. The molecule has 3 fully saturated rings. The Balaban J connectivity index is 1.27. The molecule has 214 valence electrons. The number of anilines is 4. The molecule has 0 amide bonds. The highest BCUT2D eigenvalue weighted by Crippen LogP contribution is 2.39. The van der Waals surface area contributed by atoms with Gasteiger partial charge in [-0.25, -0.2) is 0 Å². The van der Waals surface area contributed by atoms with Crippen molar-refractivity contribution < 1.29 is 13.2 Å². The van der Waals surface area contributed by atoms with Crippen LogP contribution >= 0.6 is 0 Å². The normalized spacial score (nSPS) is 20.0. The van der Waals surface area contributed by atoms with Gasteiger partial charge in [0.15, 0.2) is 0 Å². The lowest BCUT2D eigenvalue weighted by Crippen LogP contribution is -2.48. The van der Waals surface area contributed by atoms with E-state index in [-0.39, 0.29) is 6.04 Å². The second kappa shape index (κ2) is 12.4. The maximum absolute atomic E-state index is 13.8. The molecule has 9 heteroatoms. The van der Waals surface area contributed by atoms with E-state index in [4.69, 9.17) is 0 Å². The standard InChI is InChI=1S/C30H43F3N6/c1-22-20-26(39-11-3-4-12-39)5-6-27(22)36-29-23(2)19-24(30(31,32)33)21-28(29)35-25-7-13-37(14-8-25)17-18-38-15-9-34-10-16-38/h5-6,19-21,25,34-36H,3-4,7-18H2,1-2H3. The van der Waals surface area contributed by atoms with Gasteiger partial charge in [0.05, 0.1) is 16.9 Å². The number of nitrogens with one attached hydrogen (secondary N) is 3. The van der Waals surface area contributed by atoms with Crippen LogP contribution in [0, 0.1) is 13.8 Å². The van der Waals surface area contributed by atoms with Gasteiger partial charge in [-0.1, -0.05) is 0 Å². The highest BCUT2D eigenvalue weighted by Gasteiger charge is 2.32. The van der Waals surface area contributed by atoms with Crippen LogP contribution in [0.25, 0.3) is 0 Å². The first-order valence-electron chi connectivity index (χ1n) is 14.5. The van der Waals surface area contributed by atoms with Gasteiger partial charge in [0, 0.05) is 82.9 Å². The summed E-state index contributed by atoms with van der Waals surface area (Å²) < 4.78 is 41.3. The molecule has 3 aliphatic heterocycles. The lowest BCUT2D eigenvalue weighted by Gasteiger charge is -2.35. The molecule has 0 bridgehead atoms. The van der Waals surface area contributed by atoms with Crippen LogP contribution in [0.1, 0.15) is 42.4 Å². The van der Waals surface area contributed by atoms with Gasteiger partial charge in [0.25, 0.3) is 0 Å². The summed E-state index contributed by atoms with van der Waals surface area (Å²) in [6, 6.07) is 9.02. The van der Waals surface area contributed by atoms with E-state index in [1.165, 1.54) is 30.7 Å². The molecule has 0 aromatic heterocycles. The molecule has 3 aliphatic rings. The number of hydrogen-bond donors (Lipinski definition) is 3. The SMILES string of the molecule is Cc1cc(N2CCCC2)ccc1Nc1c(C)cc(C(F)(F)F)cc1NC1CCN(CCN2CCNCC2)CC1. The highest BCUT2D eigenvalue weighted by molar-refractivity contribution is 5.80. The molecule has 39 heavy (non-hydrogen) atoms. The van der Waals surface area contributed by atoms with Crippen molar-refractivity contribution in [1.82, 2.24) is 15.1 Å². The number of hydrogen-bond acceptors (Lipinski definition) is 6. The Morgan fingerprint density at radius 3 is 2.13 bits per heavy atom. The monoisotopic (exact) mass is 544 g/mol. The average molecular weight is 545 g/mol. The van der Waals surface area contributed by atoms with Crippen LogP contribution in [0.3, 0.4) is 0 Å². The second-order valence-electron chi connectivity index (χ2n) is 11.4. The van der Waals surface area contributed by atoms with Gasteiger partial charge < -0.3 is 25.8 Å². The first kappa shape index (κ1) is 28.1. The van der Waals surface area contributed by atoms with Crippen LogP contribution in [0.5, 0.6) is 0 Å². The van der Waals surface area contributed by atoms with Crippen LogP contribution in [0.2, 0.25) is 0 Å². The molecule has 3 heterocycles. The van der Waals surface area contributed by atoms with E-state index in [1.54, 1.807) is 6.92 Å². The van der Waals surface area contributed by atoms with Gasteiger partial charge >= 0.3 is 6.18 Å². The minimum absolute atomic E-state index is 0.141. The molecule has 3 saturated heterocycles. The number of alkyl halides is 3. The average Bonchev–Trinajstić information content (AvgIpc) is 3.46. The number of aryl methyl sites for hydroxylation is 2. The van der Waals surface area contributed by atoms with Gasteiger partial charge in [-0.2, -0.15) is 13.2 Å². The molecule has 0 aliphatic carbocycles. The van der Waals surface area contributed by atoms with E-state index in [1.807, 2.05) is 0 Å². The Kier molecular flexibility index (Phi) is 8.89. The van der Waals surface area contributed by atoms with Crippen molar-refractivity contribution in [3.05, 3.63) is 47.0 Å². The molecular weight excluding hydrogens is 501 g/mol. The summed E-state index contributed by atoms with van der Waals surface area (Å²) in [6.45, 7) is 14.3. The fourth-order valence-corrected chi connectivity index (χ4v) is 6.06. The highest BCUT2D eigenvalue weighted by atomic mass is 19.4. The molecule has 0 radical (unpaired) electrons. The molecule has 0 spiro atoms. The van der Waals surface area contributed by atoms with Crippen LogP contribution in [-0.4, -0.2) is 81.3 Å². The third kappa shape index (κ3) is 7.18. The summed E-state index contributed by atoms with van der Waals surface area (Å²) in [5, 5.41) is 10.4. The van der Waals surface area contributed by atoms with Crippen molar-refractivity contribution in [2.75, 3.05) is 81.0 Å². The molecular formula is C30H43F3N6. The maximum atomic E-state index is 13.8. The van der Waals surface area contributed by atoms with Crippen molar-refractivity contribution in [1.29, 1.82) is 0 Å². The van der Waals surface area contributed by atoms with E-state index >= 15 is 0 Å². The Labute approximate surface area is 230 Å². The van der Waals surface area contributed by atoms with E-state index in [2.05, 4.69) is 55.8 Å². The summed E-state index contributed by atoms with van der Waals surface area (Å²) in [6.07, 6.45) is -0.123. The number of piperazine rings is 1. The largest absolute Gasteiger partial charge is 0.416 e. The van der Waals surface area contributed by atoms with E-state index in [0.717, 1.165) is 95.2 Å². The molecule has 0 unspecified atom stereocenters. The summed E-state index contributed by atoms with van der Waals surface area (Å²) in [7, 11) is 0. The third-order valence-electron chi connectivity index (χ3n) is 8.49. The summed E-state index contributed by atoms with van der Waals surface area (Å²) in [5.74, 6) is 0. The van der Waals surface area contributed by atoms with Crippen molar-refractivity contribution in [2.24, 2.45) is 0 Å². The molecule has 2 aromatic rings. The first-order chi connectivity index (χ1) is 18.8. The van der Waals surface area contributed by atoms with Crippen molar-refractivity contribution in [3.63, 3.8) is 0 Å². The zero-order valence-electron chi connectivity index (χ0n) is 23.3. The predicted molar refractivity (Wildman–Crippen MR) is 154 cm³/mol. The summed E-state index contributed by atoms with van der Waals surface area (Å²) in [4.78, 5) is 7.38. The van der Waals surface area contributed by atoms with Gasteiger partial charge in [-0.05, 0) is 81.0 Å². The molecule has 0 atom stereocenters. The van der Waals surface area contributed by atoms with Crippen molar-refractivity contribution in [2.45, 2.75) is 51.7 Å². The summed E-state index contributed by atoms with van der Waals surface area (Å²) in [5.41, 5.74) is 4.45. The molecule has 3 N–H and O–H groups in total.